The molecule has 2 aromatic carbocycles. The van der Waals surface area contributed by atoms with Crippen LogP contribution in [0.4, 0.5) is 4.39 Å². The van der Waals surface area contributed by atoms with Gasteiger partial charge in [-0.25, -0.2) is 12.8 Å². The van der Waals surface area contributed by atoms with Crippen molar-refractivity contribution in [2.24, 2.45) is 0 Å². The number of carbonyl (C=O) groups excluding carboxylic acids is 1. The first kappa shape index (κ1) is 23.1. The highest BCUT2D eigenvalue weighted by molar-refractivity contribution is 7.89. The molecule has 2 saturated heterocycles. The number of amides is 1. The van der Waals surface area contributed by atoms with E-state index < -0.39 is 27.5 Å². The van der Waals surface area contributed by atoms with Crippen molar-refractivity contribution in [3.63, 3.8) is 0 Å². The number of hydrogen-bond donors (Lipinski definition) is 1. The van der Waals surface area contributed by atoms with Gasteiger partial charge in [-0.1, -0.05) is 29.8 Å². The number of hydrogen-bond acceptors (Lipinski definition) is 5. The molecule has 0 saturated carbocycles. The summed E-state index contributed by atoms with van der Waals surface area (Å²) in [7, 11) is -3.89. The van der Waals surface area contributed by atoms with E-state index in [0.717, 1.165) is 17.7 Å². The van der Waals surface area contributed by atoms with Gasteiger partial charge in [-0.15, -0.1) is 0 Å². The minimum absolute atomic E-state index is 0.126. The Morgan fingerprint density at radius 3 is 2.50 bits per heavy atom. The van der Waals surface area contributed by atoms with Crippen LogP contribution in [0.2, 0.25) is 5.02 Å². The number of ether oxygens (including phenoxy) is 2. The molecule has 0 unspecified atom stereocenters. The SMILES string of the molecule is O=C(NCCc1ccccc1Cl)c1cc(S(=O)(=O)N2CCC3(CC2)OCCO3)ccc1F. The predicted molar refractivity (Wildman–Crippen MR) is 117 cm³/mol. The first-order chi connectivity index (χ1) is 15.3. The van der Waals surface area contributed by atoms with E-state index in [2.05, 4.69) is 5.32 Å². The first-order valence-corrected chi connectivity index (χ1v) is 12.2. The van der Waals surface area contributed by atoms with Crippen molar-refractivity contribution in [1.29, 1.82) is 0 Å². The lowest BCUT2D eigenvalue weighted by Gasteiger charge is -2.36. The van der Waals surface area contributed by atoms with Gasteiger partial charge in [0.15, 0.2) is 5.79 Å². The maximum absolute atomic E-state index is 14.3. The lowest BCUT2D eigenvalue weighted by Crippen LogP contribution is -2.47. The molecule has 2 aromatic rings. The Bertz CT molecular complexity index is 1100. The second-order valence-corrected chi connectivity index (χ2v) is 10.1. The monoisotopic (exact) mass is 482 g/mol. The average Bonchev–Trinajstić information content (AvgIpc) is 3.23. The zero-order chi connectivity index (χ0) is 22.8. The number of benzene rings is 2. The van der Waals surface area contributed by atoms with Gasteiger partial charge in [0.1, 0.15) is 5.82 Å². The summed E-state index contributed by atoms with van der Waals surface area (Å²) in [6.45, 7) is 1.67. The molecule has 0 aromatic heterocycles. The molecule has 2 aliphatic rings. The number of nitrogens with one attached hydrogen (secondary N) is 1. The molecule has 172 valence electrons. The molecule has 7 nitrogen and oxygen atoms in total. The van der Waals surface area contributed by atoms with Gasteiger partial charge in [0, 0.05) is 37.5 Å². The van der Waals surface area contributed by atoms with Crippen molar-refractivity contribution < 1.29 is 27.1 Å². The number of halogens is 2. The van der Waals surface area contributed by atoms with Crippen molar-refractivity contribution in [1.82, 2.24) is 9.62 Å². The molecular formula is C22H24ClFN2O5S. The van der Waals surface area contributed by atoms with Gasteiger partial charge in [-0.2, -0.15) is 4.31 Å². The predicted octanol–water partition coefficient (Wildman–Crippen LogP) is 2.98. The zero-order valence-corrected chi connectivity index (χ0v) is 18.9. The summed E-state index contributed by atoms with van der Waals surface area (Å²) in [5.74, 6) is -2.18. The third kappa shape index (κ3) is 4.82. The summed E-state index contributed by atoms with van der Waals surface area (Å²) < 4.78 is 53.1. The molecule has 1 amide bonds. The van der Waals surface area contributed by atoms with Crippen LogP contribution in [-0.2, 0) is 25.9 Å². The second-order valence-electron chi connectivity index (χ2n) is 7.75. The fraction of sp³-hybridized carbons (Fsp3) is 0.409. The van der Waals surface area contributed by atoms with Crippen LogP contribution < -0.4 is 5.32 Å². The Kier molecular flexibility index (Phi) is 6.83. The van der Waals surface area contributed by atoms with Crippen LogP contribution in [0.15, 0.2) is 47.4 Å². The molecular weight excluding hydrogens is 459 g/mol. The number of sulfonamides is 1. The Morgan fingerprint density at radius 1 is 1.12 bits per heavy atom. The normalized spacial score (nSPS) is 18.7. The van der Waals surface area contributed by atoms with E-state index in [-0.39, 0.29) is 30.1 Å². The van der Waals surface area contributed by atoms with E-state index in [9.17, 15) is 17.6 Å². The van der Waals surface area contributed by atoms with E-state index >= 15 is 0 Å². The topological polar surface area (TPSA) is 84.9 Å². The van der Waals surface area contributed by atoms with Gasteiger partial charge < -0.3 is 14.8 Å². The van der Waals surface area contributed by atoms with Crippen LogP contribution in [-0.4, -0.2) is 57.3 Å². The highest BCUT2D eigenvalue weighted by Crippen LogP contribution is 2.33. The molecule has 2 fully saturated rings. The molecule has 0 bridgehead atoms. The van der Waals surface area contributed by atoms with Crippen LogP contribution in [0.3, 0.4) is 0 Å². The van der Waals surface area contributed by atoms with Gasteiger partial charge in [0.25, 0.3) is 5.91 Å². The van der Waals surface area contributed by atoms with E-state index in [4.69, 9.17) is 21.1 Å². The van der Waals surface area contributed by atoms with Crippen molar-refractivity contribution in [3.8, 4) is 0 Å². The van der Waals surface area contributed by atoms with Crippen molar-refractivity contribution in [3.05, 3.63) is 64.4 Å². The standard InChI is InChI=1S/C22H24ClFN2O5S/c23-19-4-2-1-3-16(19)7-10-25-21(27)18-15-17(5-6-20(18)24)32(28,29)26-11-8-22(9-12-26)30-13-14-31-22/h1-6,15H,7-14H2,(H,25,27). The zero-order valence-electron chi connectivity index (χ0n) is 17.4. The smallest absolute Gasteiger partial charge is 0.254 e. The van der Waals surface area contributed by atoms with Crippen LogP contribution in [0.1, 0.15) is 28.8 Å². The molecule has 32 heavy (non-hydrogen) atoms. The van der Waals surface area contributed by atoms with Crippen LogP contribution in [0.5, 0.6) is 0 Å². The lowest BCUT2D eigenvalue weighted by molar-refractivity contribution is -0.179. The van der Waals surface area contributed by atoms with Gasteiger partial charge in [0.2, 0.25) is 10.0 Å². The number of piperidine rings is 1. The van der Waals surface area contributed by atoms with E-state index in [1.807, 2.05) is 18.2 Å². The minimum Gasteiger partial charge on any atom is -0.352 e. The van der Waals surface area contributed by atoms with E-state index in [1.54, 1.807) is 6.07 Å². The Labute approximate surface area is 191 Å². The third-order valence-electron chi connectivity index (χ3n) is 5.76. The summed E-state index contributed by atoms with van der Waals surface area (Å²) in [4.78, 5) is 12.4. The van der Waals surface area contributed by atoms with Gasteiger partial charge in [0.05, 0.1) is 23.7 Å². The molecule has 0 aliphatic carbocycles. The van der Waals surface area contributed by atoms with Crippen molar-refractivity contribution in [2.75, 3.05) is 32.8 Å². The third-order valence-corrected chi connectivity index (χ3v) is 8.02. The van der Waals surface area contributed by atoms with Gasteiger partial charge in [-0.05, 0) is 36.2 Å². The quantitative estimate of drug-likeness (QED) is 0.684. The minimum atomic E-state index is -3.89. The molecule has 0 radical (unpaired) electrons. The van der Waals surface area contributed by atoms with Crippen molar-refractivity contribution >= 4 is 27.5 Å². The summed E-state index contributed by atoms with van der Waals surface area (Å²) in [6, 6.07) is 10.5. The molecule has 2 aliphatic heterocycles. The Morgan fingerprint density at radius 2 is 1.81 bits per heavy atom. The van der Waals surface area contributed by atoms with Crippen LogP contribution in [0, 0.1) is 5.82 Å². The second kappa shape index (κ2) is 9.44. The molecule has 10 heteroatoms. The first-order valence-electron chi connectivity index (χ1n) is 10.4. The molecule has 0 atom stereocenters. The summed E-state index contributed by atoms with van der Waals surface area (Å²) in [6.07, 6.45) is 1.30. The number of rotatable bonds is 6. The number of carbonyl (C=O) groups is 1. The van der Waals surface area contributed by atoms with Crippen LogP contribution >= 0.6 is 11.6 Å². The van der Waals surface area contributed by atoms with E-state index in [1.165, 1.54) is 10.4 Å². The average molecular weight is 483 g/mol. The summed E-state index contributed by atoms with van der Waals surface area (Å²) in [5.41, 5.74) is 0.533. The highest BCUT2D eigenvalue weighted by Gasteiger charge is 2.42. The fourth-order valence-electron chi connectivity index (χ4n) is 3.95. The van der Waals surface area contributed by atoms with Crippen LogP contribution in [0.25, 0.3) is 0 Å². The Hall–Kier alpha value is -2.04. The molecule has 1 spiro atoms. The van der Waals surface area contributed by atoms with E-state index in [0.29, 0.717) is 37.5 Å². The maximum Gasteiger partial charge on any atom is 0.254 e. The largest absolute Gasteiger partial charge is 0.352 e. The molecule has 2 heterocycles. The Balaban J connectivity index is 1.43. The van der Waals surface area contributed by atoms with Crippen molar-refractivity contribution in [2.45, 2.75) is 29.9 Å². The highest BCUT2D eigenvalue weighted by atomic mass is 35.5. The summed E-state index contributed by atoms with van der Waals surface area (Å²) >= 11 is 6.11. The number of nitrogens with zero attached hydrogens (tertiary/aromatic N) is 1. The summed E-state index contributed by atoms with van der Waals surface area (Å²) in [5, 5.41) is 3.21. The van der Waals surface area contributed by atoms with Gasteiger partial charge >= 0.3 is 0 Å². The fourth-order valence-corrected chi connectivity index (χ4v) is 5.65. The molecule has 1 N–H and O–H groups in total. The lowest BCUT2D eigenvalue weighted by atomic mass is 10.1. The molecule has 4 rings (SSSR count). The van der Waals surface area contributed by atoms with Gasteiger partial charge in [-0.3, -0.25) is 4.79 Å². The maximum atomic E-state index is 14.3.